The van der Waals surface area contributed by atoms with E-state index in [9.17, 15) is 9.59 Å². The molecule has 1 heterocycles. The van der Waals surface area contributed by atoms with Crippen LogP contribution in [0.25, 0.3) is 11.5 Å². The standard InChI is InChI=1S/C34H45N3O4/c1-4-7-8-9-10-11-17-26(5-2)31-35-32(41-36-31)28-20-14-16-25(23-28)24-37(33(38)34(39)40-6-3)30-22-15-19-27-18-12-13-21-29(27)30/h14-16,19-20,22-23,26H,4-13,17-18,21,24H2,1-3H3. The molecule has 7 heteroatoms. The van der Waals surface area contributed by atoms with Crippen LogP contribution in [0.3, 0.4) is 0 Å². The first-order valence-corrected chi connectivity index (χ1v) is 15.6. The Kier molecular flexibility index (Phi) is 11.5. The minimum absolute atomic E-state index is 0.151. The largest absolute Gasteiger partial charge is 0.459 e. The second-order valence-corrected chi connectivity index (χ2v) is 11.1. The molecule has 0 fully saturated rings. The van der Waals surface area contributed by atoms with Crippen LogP contribution in [-0.2, 0) is 33.7 Å². The van der Waals surface area contributed by atoms with Crippen molar-refractivity contribution in [2.75, 3.05) is 11.5 Å². The van der Waals surface area contributed by atoms with E-state index >= 15 is 0 Å². The molecule has 7 nitrogen and oxygen atoms in total. The Morgan fingerprint density at radius 2 is 1.76 bits per heavy atom. The van der Waals surface area contributed by atoms with E-state index < -0.39 is 11.9 Å². The van der Waals surface area contributed by atoms with E-state index in [2.05, 4.69) is 25.1 Å². The zero-order chi connectivity index (χ0) is 29.0. The summed E-state index contributed by atoms with van der Waals surface area (Å²) in [5, 5.41) is 4.34. The normalized spacial score (nSPS) is 13.4. The molecule has 0 radical (unpaired) electrons. The van der Waals surface area contributed by atoms with Crippen molar-refractivity contribution in [3.05, 3.63) is 65.0 Å². The van der Waals surface area contributed by atoms with Crippen LogP contribution in [0.15, 0.2) is 47.0 Å². The monoisotopic (exact) mass is 559 g/mol. The number of esters is 1. The number of benzene rings is 2. The van der Waals surface area contributed by atoms with Gasteiger partial charge in [0.15, 0.2) is 5.82 Å². The van der Waals surface area contributed by atoms with Gasteiger partial charge in [-0.25, -0.2) is 4.79 Å². The maximum absolute atomic E-state index is 13.4. The van der Waals surface area contributed by atoms with Crippen molar-refractivity contribution in [1.82, 2.24) is 10.1 Å². The summed E-state index contributed by atoms with van der Waals surface area (Å²) in [6.07, 6.45) is 13.7. The molecule has 3 aromatic rings. The number of carbonyl (C=O) groups is 2. The lowest BCUT2D eigenvalue weighted by Crippen LogP contribution is -2.38. The van der Waals surface area contributed by atoms with Crippen molar-refractivity contribution in [2.24, 2.45) is 0 Å². The number of nitrogens with zero attached hydrogens (tertiary/aromatic N) is 3. The molecule has 41 heavy (non-hydrogen) atoms. The molecular formula is C34H45N3O4. The fraction of sp³-hybridized carbons (Fsp3) is 0.529. The van der Waals surface area contributed by atoms with Crippen LogP contribution >= 0.6 is 0 Å². The Bertz CT molecular complexity index is 1280. The van der Waals surface area contributed by atoms with E-state index in [1.165, 1.54) is 44.1 Å². The van der Waals surface area contributed by atoms with Crippen molar-refractivity contribution in [3.8, 4) is 11.5 Å². The summed E-state index contributed by atoms with van der Waals surface area (Å²) in [7, 11) is 0. The smallest absolute Gasteiger partial charge is 0.397 e. The Hall–Kier alpha value is -3.48. The Morgan fingerprint density at radius 1 is 0.976 bits per heavy atom. The summed E-state index contributed by atoms with van der Waals surface area (Å²) >= 11 is 0. The number of unbranched alkanes of at least 4 members (excludes halogenated alkanes) is 5. The van der Waals surface area contributed by atoms with Gasteiger partial charge < -0.3 is 9.26 Å². The molecule has 1 aliphatic carbocycles. The van der Waals surface area contributed by atoms with Crippen LogP contribution in [0.4, 0.5) is 5.69 Å². The van der Waals surface area contributed by atoms with Crippen LogP contribution in [0, 0.1) is 0 Å². The maximum Gasteiger partial charge on any atom is 0.397 e. The summed E-state index contributed by atoms with van der Waals surface area (Å²) in [6.45, 7) is 6.51. The van der Waals surface area contributed by atoms with Gasteiger partial charge >= 0.3 is 11.9 Å². The van der Waals surface area contributed by atoms with Crippen molar-refractivity contribution in [2.45, 2.75) is 110 Å². The van der Waals surface area contributed by atoms with Gasteiger partial charge in [0.25, 0.3) is 5.89 Å². The molecule has 1 aromatic heterocycles. The minimum Gasteiger partial charge on any atom is -0.459 e. The van der Waals surface area contributed by atoms with Gasteiger partial charge in [0, 0.05) is 17.2 Å². The Balaban J connectivity index is 1.52. The van der Waals surface area contributed by atoms with Gasteiger partial charge in [-0.05, 0) is 80.3 Å². The molecule has 1 unspecified atom stereocenters. The first kappa shape index (κ1) is 30.5. The molecule has 2 aromatic carbocycles. The van der Waals surface area contributed by atoms with Crippen molar-refractivity contribution < 1.29 is 18.8 Å². The van der Waals surface area contributed by atoms with Gasteiger partial charge in [-0.3, -0.25) is 9.69 Å². The lowest BCUT2D eigenvalue weighted by molar-refractivity contribution is -0.153. The second kappa shape index (κ2) is 15.5. The third-order valence-corrected chi connectivity index (χ3v) is 8.08. The first-order valence-electron chi connectivity index (χ1n) is 15.6. The number of anilines is 1. The van der Waals surface area contributed by atoms with Crippen molar-refractivity contribution >= 4 is 17.6 Å². The van der Waals surface area contributed by atoms with Crippen LogP contribution in [0.5, 0.6) is 0 Å². The van der Waals surface area contributed by atoms with Crippen molar-refractivity contribution in [1.29, 1.82) is 0 Å². The molecule has 220 valence electrons. The zero-order valence-corrected chi connectivity index (χ0v) is 25.0. The van der Waals surface area contributed by atoms with Gasteiger partial charge in [0.05, 0.1) is 13.2 Å². The number of amides is 1. The number of hydrogen-bond acceptors (Lipinski definition) is 6. The third kappa shape index (κ3) is 8.05. The number of hydrogen-bond donors (Lipinski definition) is 0. The summed E-state index contributed by atoms with van der Waals surface area (Å²) in [5.74, 6) is 0.0234. The van der Waals surface area contributed by atoms with Crippen molar-refractivity contribution in [3.63, 3.8) is 0 Å². The van der Waals surface area contributed by atoms with Gasteiger partial charge in [-0.1, -0.05) is 81.8 Å². The lowest BCUT2D eigenvalue weighted by atomic mass is 9.90. The third-order valence-electron chi connectivity index (χ3n) is 8.08. The molecular weight excluding hydrogens is 514 g/mol. The van der Waals surface area contributed by atoms with E-state index in [0.29, 0.717) is 5.89 Å². The predicted molar refractivity (Wildman–Crippen MR) is 162 cm³/mol. The first-order chi connectivity index (χ1) is 20.0. The van der Waals surface area contributed by atoms with E-state index in [1.807, 2.05) is 36.4 Å². The number of rotatable bonds is 14. The fourth-order valence-electron chi connectivity index (χ4n) is 5.77. The van der Waals surface area contributed by atoms with E-state index in [-0.39, 0.29) is 19.1 Å². The number of carbonyl (C=O) groups excluding carboxylic acids is 2. The van der Waals surface area contributed by atoms with Crippen LogP contribution in [0.1, 0.15) is 113 Å². The minimum atomic E-state index is -0.838. The highest BCUT2D eigenvalue weighted by Crippen LogP contribution is 2.32. The molecule has 0 spiro atoms. The molecule has 0 saturated heterocycles. The Labute approximate surface area is 244 Å². The highest BCUT2D eigenvalue weighted by molar-refractivity contribution is 6.38. The molecule has 1 aliphatic rings. The molecule has 1 amide bonds. The summed E-state index contributed by atoms with van der Waals surface area (Å²) in [5.41, 5.74) is 4.84. The number of aromatic nitrogens is 2. The average molecular weight is 560 g/mol. The predicted octanol–water partition coefficient (Wildman–Crippen LogP) is 7.96. The average Bonchev–Trinajstić information content (AvgIpc) is 3.49. The molecule has 0 N–H and O–H groups in total. The van der Waals surface area contributed by atoms with E-state index in [4.69, 9.17) is 14.2 Å². The summed E-state index contributed by atoms with van der Waals surface area (Å²) in [4.78, 5) is 32.3. The summed E-state index contributed by atoms with van der Waals surface area (Å²) < 4.78 is 10.8. The van der Waals surface area contributed by atoms with Gasteiger partial charge in [-0.15, -0.1) is 0 Å². The number of fused-ring (bicyclic) bond motifs is 1. The van der Waals surface area contributed by atoms with E-state index in [0.717, 1.165) is 66.7 Å². The maximum atomic E-state index is 13.4. The highest BCUT2D eigenvalue weighted by atomic mass is 16.5. The van der Waals surface area contributed by atoms with Gasteiger partial charge in [0.1, 0.15) is 0 Å². The van der Waals surface area contributed by atoms with Crippen LogP contribution in [0.2, 0.25) is 0 Å². The summed E-state index contributed by atoms with van der Waals surface area (Å²) in [6, 6.07) is 13.8. The highest BCUT2D eigenvalue weighted by Gasteiger charge is 2.28. The van der Waals surface area contributed by atoms with Crippen LogP contribution < -0.4 is 4.90 Å². The molecule has 0 aliphatic heterocycles. The number of ether oxygens (including phenoxy) is 1. The van der Waals surface area contributed by atoms with Gasteiger partial charge in [0.2, 0.25) is 0 Å². The second-order valence-electron chi connectivity index (χ2n) is 11.1. The molecule has 4 rings (SSSR count). The zero-order valence-electron chi connectivity index (χ0n) is 25.0. The fourth-order valence-corrected chi connectivity index (χ4v) is 5.77. The van der Waals surface area contributed by atoms with Gasteiger partial charge in [-0.2, -0.15) is 4.98 Å². The molecule has 1 atom stereocenters. The lowest BCUT2D eigenvalue weighted by Gasteiger charge is -2.28. The quantitative estimate of drug-likeness (QED) is 0.113. The number of aryl methyl sites for hydroxylation is 1. The molecule has 0 saturated carbocycles. The van der Waals surface area contributed by atoms with Crippen LogP contribution in [-0.4, -0.2) is 28.6 Å². The SMILES string of the molecule is CCCCCCCCC(CC)c1noc(-c2cccc(CN(C(=O)C(=O)OCC)c3cccc4c3CCCC4)c2)n1. The Morgan fingerprint density at radius 3 is 2.56 bits per heavy atom. The topological polar surface area (TPSA) is 85.5 Å². The van der Waals surface area contributed by atoms with E-state index in [1.54, 1.807) is 11.8 Å². The molecule has 0 bridgehead atoms.